The molecule has 0 atom stereocenters. The molecule has 0 saturated heterocycles. The van der Waals surface area contributed by atoms with Crippen molar-refractivity contribution in [2.75, 3.05) is 14.1 Å². The van der Waals surface area contributed by atoms with Crippen LogP contribution in [0.3, 0.4) is 0 Å². The monoisotopic (exact) mass is 232 g/mol. The zero-order valence-corrected chi connectivity index (χ0v) is 10.8. The highest BCUT2D eigenvalue weighted by Gasteiger charge is 2.10. The molecule has 0 unspecified atom stereocenters. The van der Waals surface area contributed by atoms with E-state index in [2.05, 4.69) is 48.7 Å². The van der Waals surface area contributed by atoms with Crippen LogP contribution in [0, 0.1) is 0 Å². The van der Waals surface area contributed by atoms with Crippen LogP contribution in [0.25, 0.3) is 11.0 Å². The highest BCUT2D eigenvalue weighted by atomic mass is 15.1. The smallest absolute Gasteiger partial charge is 0.124 e. The minimum Gasteiger partial charge on any atom is -0.327 e. The van der Waals surface area contributed by atoms with Crippen molar-refractivity contribution in [3.63, 3.8) is 0 Å². The van der Waals surface area contributed by atoms with Crippen molar-refractivity contribution in [1.29, 1.82) is 0 Å². The molecule has 0 saturated carbocycles. The van der Waals surface area contributed by atoms with Crippen molar-refractivity contribution in [3.8, 4) is 0 Å². The van der Waals surface area contributed by atoms with E-state index in [0.717, 1.165) is 30.0 Å². The van der Waals surface area contributed by atoms with Gasteiger partial charge in [0.05, 0.1) is 17.6 Å². The number of benzene rings is 1. The van der Waals surface area contributed by atoms with Crippen molar-refractivity contribution >= 4 is 11.0 Å². The normalized spacial score (nSPS) is 11.6. The number of hydrogen-bond donors (Lipinski definition) is 1. The third-order valence-corrected chi connectivity index (χ3v) is 2.90. The predicted molar refractivity (Wildman–Crippen MR) is 70.7 cm³/mol. The predicted octanol–water partition coefficient (Wildman–Crippen LogP) is 1.58. The molecule has 1 heterocycles. The number of imidazole rings is 1. The van der Waals surface area contributed by atoms with E-state index in [0.29, 0.717) is 6.54 Å². The van der Waals surface area contributed by atoms with Crippen molar-refractivity contribution in [1.82, 2.24) is 14.5 Å². The summed E-state index contributed by atoms with van der Waals surface area (Å²) in [5.74, 6) is 1.11. The Morgan fingerprint density at radius 3 is 2.71 bits per heavy atom. The SMILES string of the molecule is CCn1c(CN(C)C)nc2cc(CN)ccc21. The van der Waals surface area contributed by atoms with Crippen LogP contribution < -0.4 is 5.73 Å². The first kappa shape index (κ1) is 12.1. The Bertz CT molecular complexity index is 513. The average Bonchev–Trinajstić information content (AvgIpc) is 2.63. The highest BCUT2D eigenvalue weighted by molar-refractivity contribution is 5.77. The van der Waals surface area contributed by atoms with Gasteiger partial charge in [-0.05, 0) is 38.7 Å². The van der Waals surface area contributed by atoms with Gasteiger partial charge >= 0.3 is 0 Å². The Morgan fingerprint density at radius 1 is 1.35 bits per heavy atom. The summed E-state index contributed by atoms with van der Waals surface area (Å²) in [6, 6.07) is 6.28. The van der Waals surface area contributed by atoms with E-state index in [-0.39, 0.29) is 0 Å². The van der Waals surface area contributed by atoms with Crippen LogP contribution in [0.4, 0.5) is 0 Å². The summed E-state index contributed by atoms with van der Waals surface area (Å²) < 4.78 is 2.26. The van der Waals surface area contributed by atoms with E-state index in [1.807, 2.05) is 0 Å². The van der Waals surface area contributed by atoms with Crippen LogP contribution >= 0.6 is 0 Å². The van der Waals surface area contributed by atoms with Crippen molar-refractivity contribution < 1.29 is 0 Å². The number of nitrogens with zero attached hydrogens (tertiary/aromatic N) is 3. The standard InChI is InChI=1S/C13H20N4/c1-4-17-12-6-5-10(8-14)7-11(12)15-13(17)9-16(2)3/h5-7H,4,8-9,14H2,1-3H3. The molecule has 1 aromatic carbocycles. The lowest BCUT2D eigenvalue weighted by atomic mass is 10.2. The summed E-state index contributed by atoms with van der Waals surface area (Å²) in [6.07, 6.45) is 0. The van der Waals surface area contributed by atoms with Gasteiger partial charge in [-0.25, -0.2) is 4.98 Å². The Morgan fingerprint density at radius 2 is 2.12 bits per heavy atom. The maximum Gasteiger partial charge on any atom is 0.124 e. The number of fused-ring (bicyclic) bond motifs is 1. The molecule has 0 spiro atoms. The Hall–Kier alpha value is -1.39. The van der Waals surface area contributed by atoms with Gasteiger partial charge in [-0.1, -0.05) is 6.07 Å². The summed E-state index contributed by atoms with van der Waals surface area (Å²) in [5.41, 5.74) is 9.03. The summed E-state index contributed by atoms with van der Waals surface area (Å²) in [6.45, 7) is 4.52. The minimum absolute atomic E-state index is 0.567. The molecular formula is C13H20N4. The first-order valence-electron chi connectivity index (χ1n) is 5.98. The molecule has 0 aliphatic heterocycles. The number of hydrogen-bond acceptors (Lipinski definition) is 3. The third-order valence-electron chi connectivity index (χ3n) is 2.90. The van der Waals surface area contributed by atoms with Gasteiger partial charge in [0.15, 0.2) is 0 Å². The molecule has 4 heteroatoms. The molecule has 2 aromatic rings. The fourth-order valence-corrected chi connectivity index (χ4v) is 2.11. The lowest BCUT2D eigenvalue weighted by molar-refractivity contribution is 0.383. The summed E-state index contributed by atoms with van der Waals surface area (Å²) in [5, 5.41) is 0. The van der Waals surface area contributed by atoms with Crippen LogP contribution in [0.2, 0.25) is 0 Å². The largest absolute Gasteiger partial charge is 0.327 e. The molecule has 1 aromatic heterocycles. The van der Waals surface area contributed by atoms with Crippen LogP contribution in [-0.2, 0) is 19.6 Å². The van der Waals surface area contributed by atoms with Gasteiger partial charge < -0.3 is 15.2 Å². The van der Waals surface area contributed by atoms with Gasteiger partial charge in [-0.3, -0.25) is 0 Å². The van der Waals surface area contributed by atoms with Gasteiger partial charge in [0.1, 0.15) is 5.82 Å². The number of rotatable bonds is 4. The maximum atomic E-state index is 5.66. The third kappa shape index (κ3) is 2.33. The molecular weight excluding hydrogens is 212 g/mol. The fraction of sp³-hybridized carbons (Fsp3) is 0.462. The second-order valence-corrected chi connectivity index (χ2v) is 4.54. The molecule has 0 amide bonds. The van der Waals surface area contributed by atoms with Crippen LogP contribution in [0.1, 0.15) is 18.3 Å². The molecule has 2 rings (SSSR count). The van der Waals surface area contributed by atoms with E-state index < -0.39 is 0 Å². The molecule has 92 valence electrons. The van der Waals surface area contributed by atoms with E-state index in [4.69, 9.17) is 10.7 Å². The fourth-order valence-electron chi connectivity index (χ4n) is 2.11. The van der Waals surface area contributed by atoms with Gasteiger partial charge in [-0.2, -0.15) is 0 Å². The van der Waals surface area contributed by atoms with Crippen LogP contribution in [-0.4, -0.2) is 28.5 Å². The molecule has 0 radical (unpaired) electrons. The van der Waals surface area contributed by atoms with Crippen LogP contribution in [0.5, 0.6) is 0 Å². The number of aryl methyl sites for hydroxylation is 1. The second kappa shape index (κ2) is 4.85. The van der Waals surface area contributed by atoms with Crippen molar-refractivity contribution in [3.05, 3.63) is 29.6 Å². The summed E-state index contributed by atoms with van der Waals surface area (Å²) in [7, 11) is 4.12. The average molecular weight is 232 g/mol. The lowest BCUT2D eigenvalue weighted by Gasteiger charge is -2.10. The topological polar surface area (TPSA) is 47.1 Å². The Balaban J connectivity index is 2.53. The van der Waals surface area contributed by atoms with Gasteiger partial charge in [0, 0.05) is 13.1 Å². The Labute approximate surface area is 102 Å². The number of nitrogens with two attached hydrogens (primary N) is 1. The van der Waals surface area contributed by atoms with E-state index in [1.165, 1.54) is 5.52 Å². The van der Waals surface area contributed by atoms with Gasteiger partial charge in [0.25, 0.3) is 0 Å². The van der Waals surface area contributed by atoms with E-state index >= 15 is 0 Å². The van der Waals surface area contributed by atoms with Gasteiger partial charge in [-0.15, -0.1) is 0 Å². The zero-order valence-electron chi connectivity index (χ0n) is 10.8. The quantitative estimate of drug-likeness (QED) is 0.870. The summed E-state index contributed by atoms with van der Waals surface area (Å²) in [4.78, 5) is 6.83. The molecule has 0 fully saturated rings. The zero-order chi connectivity index (χ0) is 12.4. The number of aromatic nitrogens is 2. The van der Waals surface area contributed by atoms with E-state index in [9.17, 15) is 0 Å². The highest BCUT2D eigenvalue weighted by Crippen LogP contribution is 2.18. The van der Waals surface area contributed by atoms with Crippen molar-refractivity contribution in [2.24, 2.45) is 5.73 Å². The minimum atomic E-state index is 0.567. The Kier molecular flexibility index (Phi) is 3.45. The van der Waals surface area contributed by atoms with E-state index in [1.54, 1.807) is 0 Å². The molecule has 0 aliphatic carbocycles. The summed E-state index contributed by atoms with van der Waals surface area (Å²) >= 11 is 0. The first-order valence-corrected chi connectivity index (χ1v) is 5.98. The van der Waals surface area contributed by atoms with Gasteiger partial charge in [0.2, 0.25) is 0 Å². The molecule has 17 heavy (non-hydrogen) atoms. The van der Waals surface area contributed by atoms with Crippen LogP contribution in [0.15, 0.2) is 18.2 Å². The molecule has 0 bridgehead atoms. The molecule has 4 nitrogen and oxygen atoms in total. The molecule has 0 aliphatic rings. The second-order valence-electron chi connectivity index (χ2n) is 4.54. The molecule has 2 N–H and O–H groups in total. The van der Waals surface area contributed by atoms with Crippen molar-refractivity contribution in [2.45, 2.75) is 26.6 Å². The lowest BCUT2D eigenvalue weighted by Crippen LogP contribution is -2.15. The first-order chi connectivity index (χ1) is 8.15. The maximum absolute atomic E-state index is 5.66.